The number of carbonyl (C=O) groups is 1. The van der Waals surface area contributed by atoms with E-state index in [9.17, 15) is 13.6 Å². The van der Waals surface area contributed by atoms with Gasteiger partial charge in [-0.3, -0.25) is 4.79 Å². The van der Waals surface area contributed by atoms with Crippen molar-refractivity contribution in [1.82, 2.24) is 19.9 Å². The van der Waals surface area contributed by atoms with E-state index in [0.29, 0.717) is 68.3 Å². The fraction of sp³-hybridized carbons (Fsp3) is 0.692. The Kier molecular flexibility index (Phi) is 9.05. The summed E-state index contributed by atoms with van der Waals surface area (Å²) in [5.41, 5.74) is -0.294. The van der Waals surface area contributed by atoms with Gasteiger partial charge in [0.1, 0.15) is 18.1 Å². The molecule has 0 saturated heterocycles. The Morgan fingerprint density at radius 3 is 2.59 bits per heavy atom. The summed E-state index contributed by atoms with van der Waals surface area (Å²) in [7, 11) is 0. The molecule has 0 bridgehead atoms. The predicted molar refractivity (Wildman–Crippen MR) is 134 cm³/mol. The van der Waals surface area contributed by atoms with Crippen molar-refractivity contribution < 1.29 is 27.4 Å². The highest BCUT2D eigenvalue weighted by molar-refractivity contribution is 7.13. The molecule has 0 N–H and O–H groups in total. The number of carbonyl (C=O) groups excluding carboxylic acids is 1. The quantitative estimate of drug-likeness (QED) is 0.397. The lowest BCUT2D eigenvalue weighted by molar-refractivity contribution is -0.122. The van der Waals surface area contributed by atoms with Gasteiger partial charge in [0, 0.05) is 44.3 Å². The zero-order chi connectivity index (χ0) is 26.5. The van der Waals surface area contributed by atoms with Crippen LogP contribution in [0.15, 0.2) is 12.4 Å². The minimum Gasteiger partial charge on any atom is -0.483 e. The molecule has 2 aromatic heterocycles. The largest absolute Gasteiger partial charge is 0.483 e. The van der Waals surface area contributed by atoms with Crippen LogP contribution < -0.4 is 9.47 Å². The van der Waals surface area contributed by atoms with E-state index in [1.54, 1.807) is 19.3 Å². The maximum absolute atomic E-state index is 15.5. The Labute approximate surface area is 219 Å². The van der Waals surface area contributed by atoms with E-state index in [4.69, 9.17) is 9.47 Å². The fourth-order valence-corrected chi connectivity index (χ4v) is 5.81. The third-order valence-electron chi connectivity index (χ3n) is 7.08. The van der Waals surface area contributed by atoms with Crippen LogP contribution in [0.4, 0.5) is 13.2 Å². The maximum atomic E-state index is 15.5. The molecule has 1 saturated carbocycles. The van der Waals surface area contributed by atoms with Crippen molar-refractivity contribution in [2.75, 3.05) is 32.8 Å². The SMILES string of the molecule is Cc1ncc(OCC(=O)CC2CCC(F)(CCN3CCc4nc(OCC(C)(F)F)sc4CC3)CC2)cn1. The van der Waals surface area contributed by atoms with Gasteiger partial charge in [0.25, 0.3) is 11.1 Å². The number of Topliss-reactive ketones (excluding diaryl/α,β-unsaturated/α-hetero) is 1. The van der Waals surface area contributed by atoms with Crippen molar-refractivity contribution in [1.29, 1.82) is 0 Å². The molecule has 4 rings (SSSR count). The molecule has 37 heavy (non-hydrogen) atoms. The van der Waals surface area contributed by atoms with Crippen LogP contribution in [0.1, 0.15) is 61.8 Å². The third kappa shape index (κ3) is 8.63. The first-order valence-corrected chi connectivity index (χ1v) is 13.7. The summed E-state index contributed by atoms with van der Waals surface area (Å²) >= 11 is 1.33. The summed E-state index contributed by atoms with van der Waals surface area (Å²) in [6, 6.07) is 0. The van der Waals surface area contributed by atoms with Crippen molar-refractivity contribution >= 4 is 17.1 Å². The monoisotopic (exact) mass is 540 g/mol. The van der Waals surface area contributed by atoms with Crippen LogP contribution in [0, 0.1) is 12.8 Å². The molecule has 1 aliphatic carbocycles. The minimum atomic E-state index is -2.89. The highest BCUT2D eigenvalue weighted by Gasteiger charge is 2.36. The summed E-state index contributed by atoms with van der Waals surface area (Å²) < 4.78 is 52.3. The number of alkyl halides is 3. The van der Waals surface area contributed by atoms with Crippen molar-refractivity contribution in [2.24, 2.45) is 5.92 Å². The number of hydrogen-bond donors (Lipinski definition) is 0. The van der Waals surface area contributed by atoms with Crippen LogP contribution in [0.5, 0.6) is 10.9 Å². The smallest absolute Gasteiger partial charge is 0.278 e. The van der Waals surface area contributed by atoms with E-state index in [0.717, 1.165) is 37.0 Å². The molecule has 0 amide bonds. The summed E-state index contributed by atoms with van der Waals surface area (Å²) in [6.45, 7) is 4.14. The average molecular weight is 541 g/mol. The van der Waals surface area contributed by atoms with E-state index >= 15 is 4.39 Å². The Hall–Kier alpha value is -2.27. The number of fused-ring (bicyclic) bond motifs is 1. The van der Waals surface area contributed by atoms with Crippen LogP contribution in [0.25, 0.3) is 0 Å². The second-order valence-electron chi connectivity index (χ2n) is 10.4. The lowest BCUT2D eigenvalue weighted by Gasteiger charge is -2.35. The standard InChI is InChI=1S/C26H35F3N4O3S/c1-18-30-14-21(15-31-18)35-16-20(34)13-19-3-7-26(29,8-4-19)9-12-33-10-5-22-23(6-11-33)37-24(32-22)36-17-25(2,27)28/h14-15,19H,3-13,16-17H2,1-2H3. The highest BCUT2D eigenvalue weighted by atomic mass is 32.1. The molecule has 0 spiro atoms. The predicted octanol–water partition coefficient (Wildman–Crippen LogP) is 5.00. The molecule has 0 atom stereocenters. The normalized spacial score (nSPS) is 22.8. The van der Waals surface area contributed by atoms with Gasteiger partial charge in [-0.2, -0.15) is 0 Å². The summed E-state index contributed by atoms with van der Waals surface area (Å²) in [6.07, 6.45) is 7.82. The highest BCUT2D eigenvalue weighted by Crippen LogP contribution is 2.39. The van der Waals surface area contributed by atoms with E-state index in [-0.39, 0.29) is 18.3 Å². The van der Waals surface area contributed by atoms with Crippen LogP contribution in [0.2, 0.25) is 0 Å². The zero-order valence-electron chi connectivity index (χ0n) is 21.5. The molecule has 0 radical (unpaired) electrons. The lowest BCUT2D eigenvalue weighted by Crippen LogP contribution is -2.36. The fourth-order valence-electron chi connectivity index (χ4n) is 4.87. The molecule has 7 nitrogen and oxygen atoms in total. The third-order valence-corrected chi connectivity index (χ3v) is 8.15. The van der Waals surface area contributed by atoms with Crippen LogP contribution in [0.3, 0.4) is 0 Å². The summed E-state index contributed by atoms with van der Waals surface area (Å²) in [4.78, 5) is 28.2. The van der Waals surface area contributed by atoms with Gasteiger partial charge in [-0.1, -0.05) is 11.3 Å². The van der Waals surface area contributed by atoms with Gasteiger partial charge in [-0.15, -0.1) is 0 Å². The van der Waals surface area contributed by atoms with Crippen LogP contribution in [-0.4, -0.2) is 70.1 Å². The van der Waals surface area contributed by atoms with Gasteiger partial charge in [-0.05, 0) is 51.4 Å². The van der Waals surface area contributed by atoms with Gasteiger partial charge in [0.15, 0.2) is 18.1 Å². The van der Waals surface area contributed by atoms with Crippen molar-refractivity contribution in [2.45, 2.75) is 76.8 Å². The second kappa shape index (κ2) is 12.1. The number of rotatable bonds is 11. The summed E-state index contributed by atoms with van der Waals surface area (Å²) in [5, 5.41) is 0.300. The summed E-state index contributed by atoms with van der Waals surface area (Å²) in [5.74, 6) is -1.57. The van der Waals surface area contributed by atoms with Gasteiger partial charge in [-0.25, -0.2) is 28.1 Å². The van der Waals surface area contributed by atoms with Crippen molar-refractivity contribution in [3.8, 4) is 10.9 Å². The molecule has 1 fully saturated rings. The molecule has 3 heterocycles. The number of aryl methyl sites for hydroxylation is 1. The van der Waals surface area contributed by atoms with Gasteiger partial charge in [0.2, 0.25) is 0 Å². The number of thiazole rings is 1. The van der Waals surface area contributed by atoms with Crippen molar-refractivity contribution in [3.05, 3.63) is 28.8 Å². The topological polar surface area (TPSA) is 77.4 Å². The first-order chi connectivity index (χ1) is 17.6. The number of halogens is 3. The molecule has 2 aliphatic rings. The number of ether oxygens (including phenoxy) is 2. The first kappa shape index (κ1) is 27.8. The average Bonchev–Trinajstić information content (AvgIpc) is 3.15. The molecule has 1 aliphatic heterocycles. The Morgan fingerprint density at radius 2 is 1.89 bits per heavy atom. The van der Waals surface area contributed by atoms with Crippen molar-refractivity contribution in [3.63, 3.8) is 0 Å². The lowest BCUT2D eigenvalue weighted by atomic mass is 9.76. The Balaban J connectivity index is 1.15. The number of aromatic nitrogens is 3. The number of hydrogen-bond acceptors (Lipinski definition) is 8. The second-order valence-corrected chi connectivity index (χ2v) is 11.4. The number of ketones is 1. The molecule has 2 aromatic rings. The molecule has 0 aromatic carbocycles. The molecule has 0 unspecified atom stereocenters. The van der Waals surface area contributed by atoms with E-state index in [1.807, 2.05) is 0 Å². The Bertz CT molecular complexity index is 1010. The van der Waals surface area contributed by atoms with Gasteiger partial charge in [0.05, 0.1) is 18.1 Å². The maximum Gasteiger partial charge on any atom is 0.278 e. The van der Waals surface area contributed by atoms with Gasteiger partial charge < -0.3 is 14.4 Å². The zero-order valence-corrected chi connectivity index (χ0v) is 22.3. The molecular weight excluding hydrogens is 505 g/mol. The first-order valence-electron chi connectivity index (χ1n) is 12.9. The van der Waals surface area contributed by atoms with Crippen LogP contribution >= 0.6 is 11.3 Å². The molecular formula is C26H35F3N4O3S. The van der Waals surface area contributed by atoms with E-state index in [2.05, 4.69) is 19.9 Å². The van der Waals surface area contributed by atoms with Crippen LogP contribution in [-0.2, 0) is 17.6 Å². The van der Waals surface area contributed by atoms with Gasteiger partial charge >= 0.3 is 0 Å². The molecule has 11 heteroatoms. The van der Waals surface area contributed by atoms with E-state index in [1.165, 1.54) is 11.3 Å². The Morgan fingerprint density at radius 1 is 1.19 bits per heavy atom. The number of nitrogens with zero attached hydrogens (tertiary/aromatic N) is 4. The molecule has 204 valence electrons. The minimum absolute atomic E-state index is 0.0135. The van der Waals surface area contributed by atoms with E-state index < -0.39 is 18.2 Å².